The van der Waals surface area contributed by atoms with E-state index in [9.17, 15) is 14.4 Å². The van der Waals surface area contributed by atoms with Crippen LogP contribution < -0.4 is 0 Å². The maximum atomic E-state index is 13.0. The fourth-order valence-corrected chi connectivity index (χ4v) is 3.69. The number of carbonyl (C=O) groups is 3. The first-order valence-electron chi connectivity index (χ1n) is 9.86. The molecule has 0 spiro atoms. The van der Waals surface area contributed by atoms with E-state index in [-0.39, 0.29) is 24.9 Å². The number of benzene rings is 2. The second-order valence-corrected chi connectivity index (χ2v) is 7.06. The minimum Gasteiger partial charge on any atom is -0.465 e. The Morgan fingerprint density at radius 2 is 1.70 bits per heavy atom. The Kier molecular flexibility index (Phi) is 6.67. The molecular formula is C24H25NO5. The average molecular weight is 407 g/mol. The van der Waals surface area contributed by atoms with Crippen molar-refractivity contribution in [3.05, 3.63) is 82.6 Å². The van der Waals surface area contributed by atoms with Crippen molar-refractivity contribution < 1.29 is 23.9 Å². The first kappa shape index (κ1) is 21.3. The molecule has 1 unspecified atom stereocenters. The number of hydrogen-bond acceptors (Lipinski definition) is 5. The molecule has 1 aliphatic heterocycles. The van der Waals surface area contributed by atoms with E-state index in [1.54, 1.807) is 43.0 Å². The predicted octanol–water partition coefficient (Wildman–Crippen LogP) is 3.83. The van der Waals surface area contributed by atoms with Crippen LogP contribution in [0.2, 0.25) is 0 Å². The van der Waals surface area contributed by atoms with Gasteiger partial charge in [-0.15, -0.1) is 0 Å². The SMILES string of the molecule is CCOC(=O)C1=C(C)N(Cc2ccc(C(=O)OC)cc2)C(=O)CC1c1ccccc1. The molecule has 1 amide bonds. The number of methoxy groups -OCH3 is 1. The third-order valence-electron chi connectivity index (χ3n) is 5.24. The van der Waals surface area contributed by atoms with E-state index < -0.39 is 11.9 Å². The van der Waals surface area contributed by atoms with E-state index in [4.69, 9.17) is 9.47 Å². The highest BCUT2D eigenvalue weighted by Crippen LogP contribution is 2.37. The minimum atomic E-state index is -0.415. The van der Waals surface area contributed by atoms with E-state index in [0.717, 1.165) is 11.1 Å². The molecule has 0 saturated carbocycles. The maximum Gasteiger partial charge on any atom is 0.337 e. The second-order valence-electron chi connectivity index (χ2n) is 7.06. The zero-order valence-electron chi connectivity index (χ0n) is 17.4. The Hall–Kier alpha value is -3.41. The lowest BCUT2D eigenvalue weighted by atomic mass is 9.83. The number of amides is 1. The lowest BCUT2D eigenvalue weighted by Crippen LogP contribution is -2.38. The largest absolute Gasteiger partial charge is 0.465 e. The summed E-state index contributed by atoms with van der Waals surface area (Å²) in [7, 11) is 1.33. The fraction of sp³-hybridized carbons (Fsp3) is 0.292. The van der Waals surface area contributed by atoms with E-state index in [1.165, 1.54) is 7.11 Å². The summed E-state index contributed by atoms with van der Waals surface area (Å²) in [5, 5.41) is 0. The summed E-state index contributed by atoms with van der Waals surface area (Å²) in [6, 6.07) is 16.4. The summed E-state index contributed by atoms with van der Waals surface area (Å²) in [6.45, 7) is 4.11. The lowest BCUT2D eigenvalue weighted by molar-refractivity contribution is -0.140. The summed E-state index contributed by atoms with van der Waals surface area (Å²) in [5.74, 6) is -1.22. The molecule has 0 saturated heterocycles. The number of esters is 2. The molecule has 1 aliphatic rings. The van der Waals surface area contributed by atoms with E-state index in [0.29, 0.717) is 23.4 Å². The molecule has 156 valence electrons. The quantitative estimate of drug-likeness (QED) is 0.681. The third-order valence-corrected chi connectivity index (χ3v) is 5.24. The summed E-state index contributed by atoms with van der Waals surface area (Å²) >= 11 is 0. The van der Waals surface area contributed by atoms with Gasteiger partial charge in [0, 0.05) is 18.0 Å². The van der Waals surface area contributed by atoms with Gasteiger partial charge in [0.05, 0.1) is 31.4 Å². The molecule has 6 nitrogen and oxygen atoms in total. The summed E-state index contributed by atoms with van der Waals surface area (Å²) in [6.07, 6.45) is 0.190. The Morgan fingerprint density at radius 3 is 2.30 bits per heavy atom. The molecular weight excluding hydrogens is 382 g/mol. The molecule has 0 N–H and O–H groups in total. The number of carbonyl (C=O) groups excluding carboxylic acids is 3. The van der Waals surface area contributed by atoms with Crippen molar-refractivity contribution in [2.24, 2.45) is 0 Å². The molecule has 30 heavy (non-hydrogen) atoms. The first-order valence-corrected chi connectivity index (χ1v) is 9.86. The van der Waals surface area contributed by atoms with E-state index in [1.807, 2.05) is 30.3 Å². The highest BCUT2D eigenvalue weighted by Gasteiger charge is 2.36. The van der Waals surface area contributed by atoms with Crippen LogP contribution in [-0.2, 0) is 25.6 Å². The highest BCUT2D eigenvalue weighted by molar-refractivity contribution is 5.96. The minimum absolute atomic E-state index is 0.0635. The molecule has 0 aromatic heterocycles. The Morgan fingerprint density at radius 1 is 1.03 bits per heavy atom. The Labute approximate surface area is 176 Å². The van der Waals surface area contributed by atoms with Crippen molar-refractivity contribution >= 4 is 17.8 Å². The van der Waals surface area contributed by atoms with Gasteiger partial charge in [-0.2, -0.15) is 0 Å². The maximum absolute atomic E-state index is 13.0. The molecule has 0 aliphatic carbocycles. The molecule has 2 aromatic rings. The van der Waals surface area contributed by atoms with Gasteiger partial charge >= 0.3 is 11.9 Å². The smallest absolute Gasteiger partial charge is 0.337 e. The van der Waals surface area contributed by atoms with Crippen LogP contribution in [0.3, 0.4) is 0 Å². The van der Waals surface area contributed by atoms with E-state index in [2.05, 4.69) is 0 Å². The van der Waals surface area contributed by atoms with Gasteiger partial charge in [0.15, 0.2) is 0 Å². The summed E-state index contributed by atoms with van der Waals surface area (Å²) in [4.78, 5) is 39.0. The van der Waals surface area contributed by atoms with Gasteiger partial charge in [0.25, 0.3) is 0 Å². The van der Waals surface area contributed by atoms with Gasteiger partial charge < -0.3 is 14.4 Å². The molecule has 0 radical (unpaired) electrons. The predicted molar refractivity (Wildman–Crippen MR) is 111 cm³/mol. The van der Waals surface area contributed by atoms with Gasteiger partial charge in [-0.25, -0.2) is 9.59 Å². The van der Waals surface area contributed by atoms with Crippen LogP contribution in [0.15, 0.2) is 65.9 Å². The van der Waals surface area contributed by atoms with Gasteiger partial charge in [-0.05, 0) is 37.1 Å². The summed E-state index contributed by atoms with van der Waals surface area (Å²) < 4.78 is 10.0. The number of allylic oxidation sites excluding steroid dienone is 1. The van der Waals surface area contributed by atoms with Crippen molar-refractivity contribution in [1.29, 1.82) is 0 Å². The number of ether oxygens (including phenoxy) is 2. The van der Waals surface area contributed by atoms with Crippen LogP contribution >= 0.6 is 0 Å². The van der Waals surface area contributed by atoms with Crippen LogP contribution in [0, 0.1) is 0 Å². The number of nitrogens with zero attached hydrogens (tertiary/aromatic N) is 1. The van der Waals surface area contributed by atoms with Gasteiger partial charge in [0.1, 0.15) is 0 Å². The fourth-order valence-electron chi connectivity index (χ4n) is 3.69. The molecule has 3 rings (SSSR count). The van der Waals surface area contributed by atoms with Crippen LogP contribution in [-0.4, -0.2) is 36.5 Å². The molecule has 6 heteroatoms. The van der Waals surface area contributed by atoms with Crippen molar-refractivity contribution in [2.75, 3.05) is 13.7 Å². The van der Waals surface area contributed by atoms with Crippen molar-refractivity contribution in [2.45, 2.75) is 32.7 Å². The Bertz CT molecular complexity index is 963. The molecule has 0 fully saturated rings. The molecule has 1 heterocycles. The number of hydrogen-bond donors (Lipinski definition) is 0. The third kappa shape index (κ3) is 4.43. The highest BCUT2D eigenvalue weighted by atomic mass is 16.5. The van der Waals surface area contributed by atoms with Gasteiger partial charge in [-0.3, -0.25) is 4.79 Å². The van der Waals surface area contributed by atoms with Crippen LogP contribution in [0.25, 0.3) is 0 Å². The first-order chi connectivity index (χ1) is 14.5. The monoisotopic (exact) mass is 407 g/mol. The van der Waals surface area contributed by atoms with Crippen LogP contribution in [0.4, 0.5) is 0 Å². The standard InChI is InChI=1S/C24H25NO5/c1-4-30-24(28)22-16(2)25(15-17-10-12-19(13-11-17)23(27)29-3)21(26)14-20(22)18-8-6-5-7-9-18/h5-13,20H,4,14-15H2,1-3H3. The van der Waals surface area contributed by atoms with Crippen LogP contribution in [0.5, 0.6) is 0 Å². The summed E-state index contributed by atoms with van der Waals surface area (Å²) in [5.41, 5.74) is 3.30. The normalized spacial score (nSPS) is 16.4. The van der Waals surface area contributed by atoms with Gasteiger partial charge in [-0.1, -0.05) is 42.5 Å². The van der Waals surface area contributed by atoms with Crippen molar-refractivity contribution in [3.63, 3.8) is 0 Å². The van der Waals surface area contributed by atoms with Crippen molar-refractivity contribution in [1.82, 2.24) is 4.90 Å². The number of rotatable bonds is 6. The molecule has 1 atom stereocenters. The van der Waals surface area contributed by atoms with Crippen LogP contribution in [0.1, 0.15) is 47.7 Å². The lowest BCUT2D eigenvalue weighted by Gasteiger charge is -2.34. The van der Waals surface area contributed by atoms with Gasteiger partial charge in [0.2, 0.25) is 5.91 Å². The molecule has 0 bridgehead atoms. The zero-order chi connectivity index (χ0) is 21.7. The second kappa shape index (κ2) is 9.39. The van der Waals surface area contributed by atoms with Crippen molar-refractivity contribution in [3.8, 4) is 0 Å². The topological polar surface area (TPSA) is 72.9 Å². The van der Waals surface area contributed by atoms with E-state index >= 15 is 0 Å². The molecule has 2 aromatic carbocycles. The average Bonchev–Trinajstić information content (AvgIpc) is 2.76. The zero-order valence-corrected chi connectivity index (χ0v) is 17.4. The Balaban J connectivity index is 1.94.